The minimum atomic E-state index is -0.231. The number of rotatable bonds is 3. The van der Waals surface area contributed by atoms with Gasteiger partial charge in [-0.15, -0.1) is 0 Å². The molecular formula is C23H24N2O2. The first-order valence-corrected chi connectivity index (χ1v) is 9.56. The molecule has 2 heterocycles. The van der Waals surface area contributed by atoms with Gasteiger partial charge in [0.15, 0.2) is 0 Å². The normalized spacial score (nSPS) is 20.6. The highest BCUT2D eigenvalue weighted by Crippen LogP contribution is 2.36. The minimum Gasteiger partial charge on any atom is -0.366 e. The highest BCUT2D eigenvalue weighted by atomic mass is 16.2. The second kappa shape index (κ2) is 7.03. The average Bonchev–Trinajstić information content (AvgIpc) is 2.93. The lowest BCUT2D eigenvalue weighted by Crippen LogP contribution is -2.39. The summed E-state index contributed by atoms with van der Waals surface area (Å²) >= 11 is 0. The van der Waals surface area contributed by atoms with Crippen LogP contribution in [0.3, 0.4) is 0 Å². The zero-order valence-electron chi connectivity index (χ0n) is 15.8. The van der Waals surface area contributed by atoms with E-state index in [0.29, 0.717) is 22.9 Å². The lowest BCUT2D eigenvalue weighted by Gasteiger charge is -2.33. The highest BCUT2D eigenvalue weighted by molar-refractivity contribution is 6.45. The van der Waals surface area contributed by atoms with E-state index in [2.05, 4.69) is 11.8 Å². The number of carbonyl (C=O) groups excluding carboxylic acids is 2. The number of benzene rings is 2. The van der Waals surface area contributed by atoms with Crippen LogP contribution in [0.25, 0.3) is 5.57 Å². The van der Waals surface area contributed by atoms with Gasteiger partial charge in [-0.2, -0.15) is 0 Å². The van der Waals surface area contributed by atoms with E-state index in [0.717, 1.165) is 37.1 Å². The van der Waals surface area contributed by atoms with Crippen molar-refractivity contribution in [2.75, 3.05) is 18.0 Å². The van der Waals surface area contributed by atoms with Crippen LogP contribution >= 0.6 is 0 Å². The molecule has 4 nitrogen and oxygen atoms in total. The van der Waals surface area contributed by atoms with E-state index >= 15 is 0 Å². The summed E-state index contributed by atoms with van der Waals surface area (Å²) in [5, 5.41) is 0. The fraction of sp³-hybridized carbons (Fsp3) is 0.304. The van der Waals surface area contributed by atoms with E-state index in [9.17, 15) is 9.59 Å². The standard InChI is InChI=1S/C23H24N2O2/c1-16-8-6-12-19(14-16)25-22(26)20(18-10-4-3-5-11-18)21(23(25)27)24-13-7-9-17(2)15-24/h3-6,8,10-12,14,17H,7,9,13,15H2,1-2H3. The Bertz CT molecular complexity index is 917. The molecule has 0 aromatic heterocycles. The number of anilines is 1. The van der Waals surface area contributed by atoms with Crippen LogP contribution in [0.5, 0.6) is 0 Å². The fourth-order valence-corrected chi connectivity index (χ4v) is 4.07. The van der Waals surface area contributed by atoms with E-state index in [1.54, 1.807) is 0 Å². The van der Waals surface area contributed by atoms with Crippen LogP contribution in [-0.4, -0.2) is 29.8 Å². The van der Waals surface area contributed by atoms with Crippen molar-refractivity contribution >= 4 is 23.1 Å². The summed E-state index contributed by atoms with van der Waals surface area (Å²) in [5.41, 5.74) is 3.54. The van der Waals surface area contributed by atoms with Crippen LogP contribution in [0, 0.1) is 12.8 Å². The van der Waals surface area contributed by atoms with Crippen molar-refractivity contribution < 1.29 is 9.59 Å². The summed E-state index contributed by atoms with van der Waals surface area (Å²) < 4.78 is 0. The van der Waals surface area contributed by atoms with Crippen LogP contribution in [0.15, 0.2) is 60.3 Å². The van der Waals surface area contributed by atoms with Crippen molar-refractivity contribution in [1.82, 2.24) is 4.90 Å². The van der Waals surface area contributed by atoms with Gasteiger partial charge in [0.1, 0.15) is 5.70 Å². The number of imide groups is 1. The maximum atomic E-state index is 13.4. The van der Waals surface area contributed by atoms with Crippen LogP contribution in [0.2, 0.25) is 0 Å². The molecule has 0 aliphatic carbocycles. The van der Waals surface area contributed by atoms with E-state index in [1.807, 2.05) is 61.5 Å². The number of aryl methyl sites for hydroxylation is 1. The predicted molar refractivity (Wildman–Crippen MR) is 107 cm³/mol. The van der Waals surface area contributed by atoms with Gasteiger partial charge < -0.3 is 4.90 Å². The maximum absolute atomic E-state index is 13.4. The highest BCUT2D eigenvalue weighted by Gasteiger charge is 2.43. The molecule has 1 fully saturated rings. The maximum Gasteiger partial charge on any atom is 0.282 e. The quantitative estimate of drug-likeness (QED) is 0.777. The van der Waals surface area contributed by atoms with Crippen molar-refractivity contribution in [1.29, 1.82) is 0 Å². The SMILES string of the molecule is Cc1cccc(N2C(=O)C(c3ccccc3)=C(N3CCCC(C)C3)C2=O)c1. The summed E-state index contributed by atoms with van der Waals surface area (Å²) in [6, 6.07) is 17.1. The third kappa shape index (κ3) is 3.16. The fourth-order valence-electron chi connectivity index (χ4n) is 4.07. The monoisotopic (exact) mass is 360 g/mol. The topological polar surface area (TPSA) is 40.6 Å². The summed E-state index contributed by atoms with van der Waals surface area (Å²) in [4.78, 5) is 30.3. The second-order valence-corrected chi connectivity index (χ2v) is 7.57. The molecule has 0 spiro atoms. The molecule has 0 N–H and O–H groups in total. The Hall–Kier alpha value is -2.88. The first kappa shape index (κ1) is 17.5. The van der Waals surface area contributed by atoms with E-state index < -0.39 is 0 Å². The van der Waals surface area contributed by atoms with Gasteiger partial charge in [-0.1, -0.05) is 49.4 Å². The van der Waals surface area contributed by atoms with Gasteiger partial charge in [0.2, 0.25) is 0 Å². The number of amides is 2. The lowest BCUT2D eigenvalue weighted by atomic mass is 9.98. The molecule has 1 atom stereocenters. The molecular weight excluding hydrogens is 336 g/mol. The first-order valence-electron chi connectivity index (χ1n) is 9.56. The van der Waals surface area contributed by atoms with Gasteiger partial charge in [0.25, 0.3) is 11.8 Å². The molecule has 2 aromatic carbocycles. The zero-order valence-corrected chi connectivity index (χ0v) is 15.8. The van der Waals surface area contributed by atoms with Crippen molar-refractivity contribution in [2.24, 2.45) is 5.92 Å². The van der Waals surface area contributed by atoms with Crippen molar-refractivity contribution in [3.05, 3.63) is 71.4 Å². The molecule has 4 rings (SSSR count). The molecule has 1 unspecified atom stereocenters. The molecule has 2 amide bonds. The number of nitrogens with zero attached hydrogens (tertiary/aromatic N) is 2. The predicted octanol–water partition coefficient (Wildman–Crippen LogP) is 4.01. The van der Waals surface area contributed by atoms with Crippen molar-refractivity contribution in [2.45, 2.75) is 26.7 Å². The van der Waals surface area contributed by atoms with Gasteiger partial charge in [0, 0.05) is 13.1 Å². The summed E-state index contributed by atoms with van der Waals surface area (Å²) in [6.07, 6.45) is 2.20. The Morgan fingerprint density at radius 1 is 0.963 bits per heavy atom. The Labute approximate surface area is 160 Å². The van der Waals surface area contributed by atoms with Gasteiger partial charge in [-0.05, 0) is 48.9 Å². The molecule has 0 bridgehead atoms. The van der Waals surface area contributed by atoms with Crippen LogP contribution < -0.4 is 4.90 Å². The smallest absolute Gasteiger partial charge is 0.282 e. The first-order chi connectivity index (χ1) is 13.1. The van der Waals surface area contributed by atoms with E-state index in [4.69, 9.17) is 0 Å². The molecule has 1 saturated heterocycles. The van der Waals surface area contributed by atoms with E-state index in [-0.39, 0.29) is 11.8 Å². The Kier molecular flexibility index (Phi) is 4.56. The van der Waals surface area contributed by atoms with Gasteiger partial charge >= 0.3 is 0 Å². The Morgan fingerprint density at radius 2 is 1.74 bits per heavy atom. The number of likely N-dealkylation sites (tertiary alicyclic amines) is 1. The third-order valence-electron chi connectivity index (χ3n) is 5.35. The molecule has 0 saturated carbocycles. The molecule has 2 aliphatic rings. The summed E-state index contributed by atoms with van der Waals surface area (Å²) in [7, 11) is 0. The summed E-state index contributed by atoms with van der Waals surface area (Å²) in [6.45, 7) is 5.80. The van der Waals surface area contributed by atoms with Crippen LogP contribution in [0.4, 0.5) is 5.69 Å². The number of hydrogen-bond donors (Lipinski definition) is 0. The van der Waals surface area contributed by atoms with Crippen molar-refractivity contribution in [3.8, 4) is 0 Å². The molecule has 27 heavy (non-hydrogen) atoms. The Balaban J connectivity index is 1.83. The third-order valence-corrected chi connectivity index (χ3v) is 5.35. The Morgan fingerprint density at radius 3 is 2.44 bits per heavy atom. The molecule has 138 valence electrons. The van der Waals surface area contributed by atoms with Crippen LogP contribution in [0.1, 0.15) is 30.9 Å². The number of hydrogen-bond acceptors (Lipinski definition) is 3. The molecule has 0 radical (unpaired) electrons. The second-order valence-electron chi connectivity index (χ2n) is 7.57. The van der Waals surface area contributed by atoms with Gasteiger partial charge in [-0.25, -0.2) is 4.90 Å². The number of piperidine rings is 1. The van der Waals surface area contributed by atoms with Gasteiger partial charge in [0.05, 0.1) is 11.3 Å². The van der Waals surface area contributed by atoms with Crippen LogP contribution in [-0.2, 0) is 9.59 Å². The molecule has 2 aromatic rings. The zero-order chi connectivity index (χ0) is 19.0. The van der Waals surface area contributed by atoms with Gasteiger partial charge in [-0.3, -0.25) is 9.59 Å². The molecule has 2 aliphatic heterocycles. The average molecular weight is 360 g/mol. The largest absolute Gasteiger partial charge is 0.366 e. The molecule has 4 heteroatoms. The minimum absolute atomic E-state index is 0.210. The number of carbonyl (C=O) groups is 2. The van der Waals surface area contributed by atoms with E-state index in [1.165, 1.54) is 4.90 Å². The lowest BCUT2D eigenvalue weighted by molar-refractivity contribution is -0.120. The van der Waals surface area contributed by atoms with Crippen molar-refractivity contribution in [3.63, 3.8) is 0 Å². The summed E-state index contributed by atoms with van der Waals surface area (Å²) in [5.74, 6) is 0.0720.